The van der Waals surface area contributed by atoms with E-state index in [4.69, 9.17) is 4.74 Å². The molecular weight excluding hydrogens is 290 g/mol. The molecule has 0 aliphatic carbocycles. The Kier molecular flexibility index (Phi) is 5.21. The molecule has 0 fully saturated rings. The van der Waals surface area contributed by atoms with Crippen molar-refractivity contribution in [2.24, 2.45) is 0 Å². The molecule has 122 valence electrons. The maximum absolute atomic E-state index is 12.3. The average molecular weight is 313 g/mol. The summed E-state index contributed by atoms with van der Waals surface area (Å²) in [6, 6.07) is 11.1. The molecule has 2 rings (SSSR count). The monoisotopic (exact) mass is 313 g/mol. The van der Waals surface area contributed by atoms with Gasteiger partial charge in [-0.25, -0.2) is 4.79 Å². The van der Waals surface area contributed by atoms with Crippen LogP contribution in [0, 0.1) is 0 Å². The van der Waals surface area contributed by atoms with E-state index in [0.29, 0.717) is 0 Å². The average Bonchev–Trinajstić information content (AvgIpc) is 2.55. The Morgan fingerprint density at radius 3 is 2.61 bits per heavy atom. The number of urea groups is 1. The smallest absolute Gasteiger partial charge is 0.315 e. The third-order valence-electron chi connectivity index (χ3n) is 3.74. The van der Waals surface area contributed by atoms with Gasteiger partial charge in [-0.2, -0.15) is 0 Å². The van der Waals surface area contributed by atoms with Crippen molar-refractivity contribution < 1.29 is 9.53 Å². The minimum absolute atomic E-state index is 0.128. The molecule has 5 nitrogen and oxygen atoms in total. The number of aromatic nitrogens is 1. The van der Waals surface area contributed by atoms with E-state index in [-0.39, 0.29) is 12.1 Å². The molecule has 0 spiro atoms. The summed E-state index contributed by atoms with van der Waals surface area (Å²) in [5.41, 5.74) is 1.31. The second-order valence-electron chi connectivity index (χ2n) is 5.93. The number of carbonyl (C=O) groups excluding carboxylic acids is 1. The van der Waals surface area contributed by atoms with E-state index in [0.717, 1.165) is 16.9 Å². The van der Waals surface area contributed by atoms with Gasteiger partial charge in [-0.05, 0) is 38.5 Å². The number of ether oxygens (including phenoxy) is 1. The van der Waals surface area contributed by atoms with Crippen LogP contribution in [0.15, 0.2) is 48.8 Å². The molecular formula is C18H23N3O2. The van der Waals surface area contributed by atoms with Crippen LogP contribution in [0.1, 0.15) is 37.9 Å². The van der Waals surface area contributed by atoms with Gasteiger partial charge >= 0.3 is 6.03 Å². The second-order valence-corrected chi connectivity index (χ2v) is 5.93. The molecule has 0 unspecified atom stereocenters. The normalized spacial score (nSPS) is 12.3. The SMILES string of the molecule is COc1ccccc1C(C)(C)NC(=O)N[C@H](C)c1cccnc1. The van der Waals surface area contributed by atoms with E-state index in [1.807, 2.05) is 57.2 Å². The minimum atomic E-state index is -0.564. The van der Waals surface area contributed by atoms with E-state index < -0.39 is 5.54 Å². The van der Waals surface area contributed by atoms with Gasteiger partial charge in [-0.15, -0.1) is 0 Å². The molecule has 1 aromatic heterocycles. The molecule has 1 atom stereocenters. The Hall–Kier alpha value is -2.56. The van der Waals surface area contributed by atoms with Gasteiger partial charge in [-0.3, -0.25) is 4.98 Å². The van der Waals surface area contributed by atoms with Crippen molar-refractivity contribution in [1.82, 2.24) is 15.6 Å². The van der Waals surface area contributed by atoms with Gasteiger partial charge in [0.2, 0.25) is 0 Å². The maximum atomic E-state index is 12.3. The number of nitrogens with zero attached hydrogens (tertiary/aromatic N) is 1. The quantitative estimate of drug-likeness (QED) is 0.889. The second kappa shape index (κ2) is 7.13. The first-order valence-electron chi connectivity index (χ1n) is 7.56. The first-order chi connectivity index (χ1) is 10.9. The van der Waals surface area contributed by atoms with Crippen molar-refractivity contribution >= 4 is 6.03 Å². The van der Waals surface area contributed by atoms with Crippen molar-refractivity contribution in [2.75, 3.05) is 7.11 Å². The van der Waals surface area contributed by atoms with Crippen LogP contribution in [0.5, 0.6) is 5.75 Å². The Morgan fingerprint density at radius 2 is 1.96 bits per heavy atom. The van der Waals surface area contributed by atoms with Crippen molar-refractivity contribution in [2.45, 2.75) is 32.4 Å². The van der Waals surface area contributed by atoms with Crippen LogP contribution in [-0.2, 0) is 5.54 Å². The largest absolute Gasteiger partial charge is 0.496 e. The molecule has 0 saturated heterocycles. The highest BCUT2D eigenvalue weighted by atomic mass is 16.5. The number of hydrogen-bond donors (Lipinski definition) is 2. The molecule has 2 amide bonds. The van der Waals surface area contributed by atoms with Crippen LogP contribution in [0.3, 0.4) is 0 Å². The molecule has 0 bridgehead atoms. The van der Waals surface area contributed by atoms with Gasteiger partial charge < -0.3 is 15.4 Å². The highest BCUT2D eigenvalue weighted by Gasteiger charge is 2.26. The zero-order valence-electron chi connectivity index (χ0n) is 14.0. The summed E-state index contributed by atoms with van der Waals surface area (Å²) in [6.45, 7) is 5.81. The predicted molar refractivity (Wildman–Crippen MR) is 90.3 cm³/mol. The highest BCUT2D eigenvalue weighted by molar-refractivity contribution is 5.75. The van der Waals surface area contributed by atoms with Gasteiger partial charge in [-0.1, -0.05) is 24.3 Å². The van der Waals surface area contributed by atoms with Gasteiger partial charge in [0, 0.05) is 18.0 Å². The molecule has 5 heteroatoms. The van der Waals surface area contributed by atoms with Gasteiger partial charge in [0.1, 0.15) is 5.75 Å². The lowest BCUT2D eigenvalue weighted by Gasteiger charge is -2.29. The van der Waals surface area contributed by atoms with Crippen LogP contribution in [0.25, 0.3) is 0 Å². The topological polar surface area (TPSA) is 63.2 Å². The molecule has 0 saturated carbocycles. The number of methoxy groups -OCH3 is 1. The minimum Gasteiger partial charge on any atom is -0.496 e. The summed E-state index contributed by atoms with van der Waals surface area (Å²) in [5.74, 6) is 0.748. The zero-order valence-corrected chi connectivity index (χ0v) is 14.0. The molecule has 23 heavy (non-hydrogen) atoms. The first kappa shape index (κ1) is 16.8. The van der Waals surface area contributed by atoms with Crippen LogP contribution >= 0.6 is 0 Å². The van der Waals surface area contributed by atoms with E-state index in [2.05, 4.69) is 15.6 Å². The summed E-state index contributed by atoms with van der Waals surface area (Å²) in [7, 11) is 1.62. The fourth-order valence-electron chi connectivity index (χ4n) is 2.46. The Morgan fingerprint density at radius 1 is 1.22 bits per heavy atom. The van der Waals surface area contributed by atoms with Crippen LogP contribution < -0.4 is 15.4 Å². The van der Waals surface area contributed by atoms with Crippen molar-refractivity contribution in [1.29, 1.82) is 0 Å². The van der Waals surface area contributed by atoms with E-state index in [1.165, 1.54) is 0 Å². The number of hydrogen-bond acceptors (Lipinski definition) is 3. The first-order valence-corrected chi connectivity index (χ1v) is 7.56. The molecule has 2 N–H and O–H groups in total. The van der Waals surface area contributed by atoms with Crippen LogP contribution in [0.2, 0.25) is 0 Å². The number of rotatable bonds is 5. The van der Waals surface area contributed by atoms with Crippen molar-refractivity contribution in [3.8, 4) is 5.75 Å². The third kappa shape index (κ3) is 4.22. The van der Waals surface area contributed by atoms with Gasteiger partial charge in [0.25, 0.3) is 0 Å². The standard InChI is InChI=1S/C18H23N3O2/c1-13(14-8-7-11-19-12-14)20-17(22)21-18(2,3)15-9-5-6-10-16(15)23-4/h5-13H,1-4H3,(H2,20,21,22)/t13-/m1/s1. The number of benzene rings is 1. The molecule has 2 aromatic rings. The lowest BCUT2D eigenvalue weighted by Crippen LogP contribution is -2.47. The molecule has 0 aliphatic heterocycles. The Labute approximate surface area is 137 Å². The summed E-state index contributed by atoms with van der Waals surface area (Å²) in [4.78, 5) is 16.4. The van der Waals surface area contributed by atoms with Gasteiger partial charge in [0.15, 0.2) is 0 Å². The van der Waals surface area contributed by atoms with Crippen molar-refractivity contribution in [3.63, 3.8) is 0 Å². The molecule has 1 aromatic carbocycles. The number of carbonyl (C=O) groups is 1. The van der Waals surface area contributed by atoms with E-state index in [9.17, 15) is 4.79 Å². The van der Waals surface area contributed by atoms with Crippen LogP contribution in [0.4, 0.5) is 4.79 Å². The number of para-hydroxylation sites is 1. The predicted octanol–water partition coefficient (Wildman–Crippen LogP) is 3.39. The Balaban J connectivity index is 2.06. The number of pyridine rings is 1. The number of amides is 2. The molecule has 0 radical (unpaired) electrons. The molecule has 0 aliphatic rings. The Bertz CT molecular complexity index is 656. The van der Waals surface area contributed by atoms with Crippen LogP contribution in [-0.4, -0.2) is 18.1 Å². The molecule has 1 heterocycles. The number of nitrogens with one attached hydrogen (secondary N) is 2. The van der Waals surface area contributed by atoms with Gasteiger partial charge in [0.05, 0.1) is 18.7 Å². The zero-order chi connectivity index (χ0) is 16.9. The van der Waals surface area contributed by atoms with E-state index >= 15 is 0 Å². The summed E-state index contributed by atoms with van der Waals surface area (Å²) in [5, 5.41) is 5.93. The third-order valence-corrected chi connectivity index (χ3v) is 3.74. The fourth-order valence-corrected chi connectivity index (χ4v) is 2.46. The lowest BCUT2D eigenvalue weighted by atomic mass is 9.93. The maximum Gasteiger partial charge on any atom is 0.315 e. The highest BCUT2D eigenvalue weighted by Crippen LogP contribution is 2.29. The summed E-state index contributed by atoms with van der Waals surface area (Å²) < 4.78 is 5.38. The van der Waals surface area contributed by atoms with Crippen molar-refractivity contribution in [3.05, 3.63) is 59.9 Å². The fraction of sp³-hybridized carbons (Fsp3) is 0.333. The summed E-state index contributed by atoms with van der Waals surface area (Å²) >= 11 is 0. The lowest BCUT2D eigenvalue weighted by molar-refractivity contribution is 0.226. The van der Waals surface area contributed by atoms with E-state index in [1.54, 1.807) is 19.5 Å². The summed E-state index contributed by atoms with van der Waals surface area (Å²) in [6.07, 6.45) is 3.46.